The van der Waals surface area contributed by atoms with Gasteiger partial charge in [0.25, 0.3) is 0 Å². The highest BCUT2D eigenvalue weighted by atomic mass is 13.9. The van der Waals surface area contributed by atoms with Gasteiger partial charge in [0.1, 0.15) is 0 Å². The van der Waals surface area contributed by atoms with Gasteiger partial charge in [0.05, 0.1) is 0 Å². The third-order valence-corrected chi connectivity index (χ3v) is 2.33. The van der Waals surface area contributed by atoms with E-state index in [1.165, 1.54) is 10.8 Å². The summed E-state index contributed by atoms with van der Waals surface area (Å²) in [6, 6.07) is 28.7. The summed E-state index contributed by atoms with van der Waals surface area (Å²) in [6.45, 7) is 32.0. The molecule has 190 valence electrons. The molecule has 3 aromatic rings. The first-order valence-electron chi connectivity index (χ1n) is 13.4. The zero-order chi connectivity index (χ0) is 27.1. The van der Waals surface area contributed by atoms with Gasteiger partial charge >= 0.3 is 0 Å². The van der Waals surface area contributed by atoms with E-state index in [4.69, 9.17) is 0 Å². The van der Waals surface area contributed by atoms with Gasteiger partial charge in [0, 0.05) is 0 Å². The maximum Gasteiger partial charge on any atom is -0.0184 e. The smallest absolute Gasteiger partial charge is 0.0184 e. The predicted molar refractivity (Wildman–Crippen MR) is 161 cm³/mol. The van der Waals surface area contributed by atoms with Crippen LogP contribution in [0.5, 0.6) is 0 Å². The Morgan fingerprint density at radius 1 is 0.219 bits per heavy atom. The highest BCUT2D eigenvalue weighted by Crippen LogP contribution is 2.11. The minimum atomic E-state index is 1.31. The first-order valence-corrected chi connectivity index (χ1v) is 13.4. The molecule has 0 saturated heterocycles. The normalized spacial score (nSPS) is 6.12. The van der Waals surface area contributed by atoms with E-state index in [9.17, 15) is 0 Å². The molecule has 3 aromatic carbocycles. The predicted octanol–water partition coefficient (Wildman–Crippen LogP) is 12.7. The molecule has 0 atom stereocenters. The number of hydrogen-bond acceptors (Lipinski definition) is 0. The van der Waals surface area contributed by atoms with Gasteiger partial charge in [-0.15, -0.1) is 0 Å². The fourth-order valence-electron chi connectivity index (χ4n) is 1.52. The van der Waals surface area contributed by atoms with E-state index in [0.29, 0.717) is 0 Å². The molecular weight excluding hydrogens is 384 g/mol. The maximum atomic E-state index is 2.12. The first-order chi connectivity index (χ1) is 16.0. The van der Waals surface area contributed by atoms with Gasteiger partial charge in [-0.2, -0.15) is 0 Å². The summed E-state index contributed by atoms with van der Waals surface area (Å²) in [5, 5.41) is 2.62. The molecule has 0 nitrogen and oxygen atoms in total. The Balaban J connectivity index is -0.0000000499. The molecule has 0 radical (unpaired) electrons. The van der Waals surface area contributed by atoms with Crippen molar-refractivity contribution < 1.29 is 0 Å². The molecule has 0 aliphatic carbocycles. The monoisotopic (exact) mass is 446 g/mol. The Morgan fingerprint density at radius 3 is 0.469 bits per heavy atom. The Labute approximate surface area is 206 Å². The van der Waals surface area contributed by atoms with Gasteiger partial charge in [-0.3, -0.25) is 0 Å². The summed E-state index contributed by atoms with van der Waals surface area (Å²) < 4.78 is 0. The summed E-state index contributed by atoms with van der Waals surface area (Å²) in [5.74, 6) is 0. The van der Waals surface area contributed by atoms with Crippen LogP contribution in [0.25, 0.3) is 10.8 Å². The highest BCUT2D eigenvalue weighted by Gasteiger charge is 1.85. The van der Waals surface area contributed by atoms with Gasteiger partial charge < -0.3 is 0 Å². The molecule has 0 N–H and O–H groups in total. The molecule has 0 heteroatoms. The van der Waals surface area contributed by atoms with Crippen LogP contribution in [-0.2, 0) is 0 Å². The third kappa shape index (κ3) is 42.1. The second-order valence-electron chi connectivity index (χ2n) is 3.50. The second-order valence-corrected chi connectivity index (χ2v) is 3.50. The maximum absolute atomic E-state index is 2.12. The van der Waals surface area contributed by atoms with Crippen molar-refractivity contribution >= 4 is 10.8 Å². The zero-order valence-corrected chi connectivity index (χ0v) is 25.1. The van der Waals surface area contributed by atoms with Gasteiger partial charge in [-0.05, 0) is 10.8 Å². The summed E-state index contributed by atoms with van der Waals surface area (Å²) in [7, 11) is 0. The van der Waals surface area contributed by atoms with E-state index in [-0.39, 0.29) is 0 Å². The van der Waals surface area contributed by atoms with Crippen molar-refractivity contribution in [2.75, 3.05) is 0 Å². The minimum Gasteiger partial charge on any atom is -0.0683 e. The molecule has 0 aromatic heterocycles. The molecular formula is C32H62. The van der Waals surface area contributed by atoms with Crippen LogP contribution in [0.4, 0.5) is 0 Å². The lowest BCUT2D eigenvalue weighted by Gasteiger charge is -1.92. The van der Waals surface area contributed by atoms with Crippen molar-refractivity contribution in [3.8, 4) is 0 Å². The van der Waals surface area contributed by atoms with Crippen molar-refractivity contribution in [2.45, 2.75) is 111 Å². The largest absolute Gasteiger partial charge is 0.0683 e. The van der Waals surface area contributed by atoms with E-state index in [0.717, 1.165) is 0 Å². The minimum absolute atomic E-state index is 1.31. The van der Waals surface area contributed by atoms with Gasteiger partial charge in [-0.25, -0.2) is 0 Å². The summed E-state index contributed by atoms with van der Waals surface area (Å²) in [6.07, 6.45) is 0. The molecule has 0 saturated carbocycles. The lowest BCUT2D eigenvalue weighted by atomic mass is 10.1. The van der Waals surface area contributed by atoms with Gasteiger partial charge in [0.15, 0.2) is 0 Å². The molecule has 32 heavy (non-hydrogen) atoms. The van der Waals surface area contributed by atoms with Crippen LogP contribution in [0.15, 0.2) is 84.9 Å². The summed E-state index contributed by atoms with van der Waals surface area (Å²) >= 11 is 0. The topological polar surface area (TPSA) is 0 Å². The lowest BCUT2D eigenvalue weighted by molar-refractivity contribution is 1.50. The number of rotatable bonds is 0. The van der Waals surface area contributed by atoms with Crippen molar-refractivity contribution in [3.63, 3.8) is 0 Å². The van der Waals surface area contributed by atoms with Gasteiger partial charge in [-0.1, -0.05) is 196 Å². The number of hydrogen-bond donors (Lipinski definition) is 0. The van der Waals surface area contributed by atoms with E-state index in [1.54, 1.807) is 0 Å². The Kier molecular flexibility index (Phi) is 105. The Hall–Kier alpha value is -2.08. The van der Waals surface area contributed by atoms with Crippen molar-refractivity contribution in [1.82, 2.24) is 0 Å². The van der Waals surface area contributed by atoms with Crippen molar-refractivity contribution in [2.24, 2.45) is 0 Å². The molecule has 0 amide bonds. The van der Waals surface area contributed by atoms with Gasteiger partial charge in [0.2, 0.25) is 0 Å². The number of benzene rings is 3. The van der Waals surface area contributed by atoms with Crippen LogP contribution in [0.2, 0.25) is 0 Å². The average molecular weight is 447 g/mol. The summed E-state index contributed by atoms with van der Waals surface area (Å²) in [4.78, 5) is 0. The van der Waals surface area contributed by atoms with E-state index < -0.39 is 0 Å². The van der Waals surface area contributed by atoms with Crippen LogP contribution >= 0.6 is 0 Å². The quantitative estimate of drug-likeness (QED) is 0.322. The molecule has 0 spiro atoms. The molecule has 0 heterocycles. The SMILES string of the molecule is CC.CC.CC.CC.CC.CC.CC.CC.c1ccc2ccccc2c1.c1ccccc1. The molecule has 0 unspecified atom stereocenters. The molecule has 0 aliphatic heterocycles. The van der Waals surface area contributed by atoms with E-state index in [1.807, 2.05) is 147 Å². The molecule has 3 rings (SSSR count). The first kappa shape index (κ1) is 47.6. The lowest BCUT2D eigenvalue weighted by Crippen LogP contribution is -1.67. The Morgan fingerprint density at radius 2 is 0.344 bits per heavy atom. The molecule has 0 bridgehead atoms. The van der Waals surface area contributed by atoms with Crippen molar-refractivity contribution in [3.05, 3.63) is 84.9 Å². The average Bonchev–Trinajstić information content (AvgIpc) is 2.99. The highest BCUT2D eigenvalue weighted by molar-refractivity contribution is 5.81. The molecule has 0 aliphatic rings. The van der Waals surface area contributed by atoms with E-state index in [2.05, 4.69) is 48.5 Å². The van der Waals surface area contributed by atoms with Crippen LogP contribution in [-0.4, -0.2) is 0 Å². The fourth-order valence-corrected chi connectivity index (χ4v) is 1.52. The molecule has 0 fully saturated rings. The third-order valence-electron chi connectivity index (χ3n) is 2.33. The van der Waals surface area contributed by atoms with Crippen LogP contribution in [0.3, 0.4) is 0 Å². The summed E-state index contributed by atoms with van der Waals surface area (Å²) in [5.41, 5.74) is 0. The Bertz CT molecular complexity index is 434. The number of fused-ring (bicyclic) bond motifs is 1. The van der Waals surface area contributed by atoms with Crippen LogP contribution in [0, 0.1) is 0 Å². The standard InChI is InChI=1S/C10H8.C6H6.8C2H6/c1-2-6-10-8-4-3-7-9(10)5-1;1-2-4-6-5-3-1;8*1-2/h1-8H;1-6H;8*1-2H3. The second kappa shape index (κ2) is 70.2. The van der Waals surface area contributed by atoms with Crippen molar-refractivity contribution in [1.29, 1.82) is 0 Å². The zero-order valence-electron chi connectivity index (χ0n) is 25.1. The van der Waals surface area contributed by atoms with Crippen LogP contribution in [0.1, 0.15) is 111 Å². The fraction of sp³-hybridized carbons (Fsp3) is 0.500. The van der Waals surface area contributed by atoms with E-state index >= 15 is 0 Å². The van der Waals surface area contributed by atoms with Crippen LogP contribution < -0.4 is 0 Å².